The maximum absolute atomic E-state index is 10.4. The van der Waals surface area contributed by atoms with Gasteiger partial charge in [0.2, 0.25) is 0 Å². The van der Waals surface area contributed by atoms with Crippen LogP contribution in [-0.2, 0) is 11.2 Å². The van der Waals surface area contributed by atoms with Crippen molar-refractivity contribution in [2.24, 2.45) is 5.92 Å². The number of rotatable bonds is 5. The zero-order valence-corrected chi connectivity index (χ0v) is 12.9. The van der Waals surface area contributed by atoms with Gasteiger partial charge < -0.3 is 9.84 Å². The molecule has 1 heterocycles. The van der Waals surface area contributed by atoms with Crippen molar-refractivity contribution in [2.45, 2.75) is 39.3 Å². The monoisotopic (exact) mass is 277 g/mol. The number of aliphatic hydroxyl groups excluding tert-OH is 1. The van der Waals surface area contributed by atoms with Crippen molar-refractivity contribution in [3.05, 3.63) is 35.4 Å². The van der Waals surface area contributed by atoms with Gasteiger partial charge in [0.25, 0.3) is 0 Å². The summed E-state index contributed by atoms with van der Waals surface area (Å²) >= 11 is 0. The van der Waals surface area contributed by atoms with Gasteiger partial charge in [-0.2, -0.15) is 0 Å². The van der Waals surface area contributed by atoms with Crippen LogP contribution < -0.4 is 0 Å². The van der Waals surface area contributed by atoms with E-state index in [0.717, 1.165) is 31.7 Å². The van der Waals surface area contributed by atoms with E-state index >= 15 is 0 Å². The highest BCUT2D eigenvalue weighted by Crippen LogP contribution is 2.19. The summed E-state index contributed by atoms with van der Waals surface area (Å²) in [6.45, 7) is 9.73. The van der Waals surface area contributed by atoms with Crippen molar-refractivity contribution in [1.82, 2.24) is 4.90 Å². The minimum atomic E-state index is -0.413. The molecule has 0 radical (unpaired) electrons. The fourth-order valence-electron chi connectivity index (χ4n) is 2.71. The molecule has 0 bridgehead atoms. The molecule has 3 nitrogen and oxygen atoms in total. The highest BCUT2D eigenvalue weighted by molar-refractivity contribution is 5.24. The van der Waals surface area contributed by atoms with Crippen LogP contribution in [-0.4, -0.2) is 42.4 Å². The van der Waals surface area contributed by atoms with Crippen molar-refractivity contribution in [2.75, 3.05) is 26.3 Å². The average Bonchev–Trinajstić information content (AvgIpc) is 2.41. The van der Waals surface area contributed by atoms with Crippen LogP contribution in [0.3, 0.4) is 0 Å². The summed E-state index contributed by atoms with van der Waals surface area (Å²) in [5.74, 6) is 0.667. The third kappa shape index (κ3) is 4.30. The summed E-state index contributed by atoms with van der Waals surface area (Å²) in [5.41, 5.74) is 2.35. The lowest BCUT2D eigenvalue weighted by Crippen LogP contribution is -2.45. The predicted molar refractivity (Wildman–Crippen MR) is 81.8 cm³/mol. The molecule has 0 aromatic heterocycles. The molecule has 2 atom stereocenters. The van der Waals surface area contributed by atoms with Crippen molar-refractivity contribution < 1.29 is 9.84 Å². The molecule has 0 amide bonds. The Hall–Kier alpha value is -0.900. The van der Waals surface area contributed by atoms with E-state index in [-0.39, 0.29) is 0 Å². The Balaban J connectivity index is 1.93. The zero-order chi connectivity index (χ0) is 14.5. The lowest BCUT2D eigenvalue weighted by Gasteiger charge is -2.34. The first-order chi connectivity index (χ1) is 9.56. The first kappa shape index (κ1) is 15.5. The first-order valence-corrected chi connectivity index (χ1v) is 7.65. The number of morpholine rings is 1. The van der Waals surface area contributed by atoms with Gasteiger partial charge in [0.05, 0.1) is 19.3 Å². The van der Waals surface area contributed by atoms with Crippen molar-refractivity contribution in [1.29, 1.82) is 0 Å². The van der Waals surface area contributed by atoms with E-state index in [2.05, 4.69) is 49.9 Å². The lowest BCUT2D eigenvalue weighted by molar-refractivity contribution is -0.0203. The molecule has 1 fully saturated rings. The van der Waals surface area contributed by atoms with Crippen LogP contribution in [0.1, 0.15) is 38.0 Å². The van der Waals surface area contributed by atoms with Crippen molar-refractivity contribution in [3.63, 3.8) is 0 Å². The van der Waals surface area contributed by atoms with E-state index in [4.69, 9.17) is 4.74 Å². The highest BCUT2D eigenvalue weighted by atomic mass is 16.5. The van der Waals surface area contributed by atoms with Gasteiger partial charge in [-0.05, 0) is 30.4 Å². The standard InChI is InChI=1S/C17H27NO2/c1-13(2)10-15-4-6-16(7-5-15)17(19)11-18-8-9-20-12-14(18)3/h4-7,13-14,17,19H,8-12H2,1-3H3. The number of β-amino-alcohol motifs (C(OH)–C–C–N with tert-alkyl or cyclic N) is 1. The largest absolute Gasteiger partial charge is 0.387 e. The number of aliphatic hydroxyl groups is 1. The molecule has 2 unspecified atom stereocenters. The molecule has 0 spiro atoms. The summed E-state index contributed by atoms with van der Waals surface area (Å²) in [6, 6.07) is 8.79. The Labute approximate surface area is 122 Å². The number of nitrogens with zero attached hydrogens (tertiary/aromatic N) is 1. The van der Waals surface area contributed by atoms with E-state index in [0.29, 0.717) is 18.5 Å². The summed E-state index contributed by atoms with van der Waals surface area (Å²) in [6.07, 6.45) is 0.681. The quantitative estimate of drug-likeness (QED) is 0.898. The van der Waals surface area contributed by atoms with E-state index in [1.54, 1.807) is 0 Å². The molecule has 112 valence electrons. The second-order valence-corrected chi connectivity index (χ2v) is 6.27. The van der Waals surface area contributed by atoms with Crippen LogP contribution >= 0.6 is 0 Å². The summed E-state index contributed by atoms with van der Waals surface area (Å²) in [5, 5.41) is 10.4. The Morgan fingerprint density at radius 2 is 2.00 bits per heavy atom. The van der Waals surface area contributed by atoms with E-state index < -0.39 is 6.10 Å². The molecule has 1 saturated heterocycles. The fourth-order valence-corrected chi connectivity index (χ4v) is 2.71. The van der Waals surface area contributed by atoms with Gasteiger partial charge in [-0.15, -0.1) is 0 Å². The number of benzene rings is 1. The van der Waals surface area contributed by atoms with E-state index in [1.165, 1.54) is 5.56 Å². The Morgan fingerprint density at radius 3 is 2.60 bits per heavy atom. The average molecular weight is 277 g/mol. The maximum atomic E-state index is 10.4. The van der Waals surface area contributed by atoms with Gasteiger partial charge in [-0.25, -0.2) is 0 Å². The molecule has 1 aromatic carbocycles. The first-order valence-electron chi connectivity index (χ1n) is 7.65. The fraction of sp³-hybridized carbons (Fsp3) is 0.647. The van der Waals surface area contributed by atoms with Crippen LogP contribution in [0.25, 0.3) is 0 Å². The molecular weight excluding hydrogens is 250 g/mol. The number of hydrogen-bond donors (Lipinski definition) is 1. The molecule has 1 aromatic rings. The predicted octanol–water partition coefficient (Wildman–Crippen LogP) is 2.64. The van der Waals surface area contributed by atoms with Crippen molar-refractivity contribution >= 4 is 0 Å². The normalized spacial score (nSPS) is 22.1. The van der Waals surface area contributed by atoms with Gasteiger partial charge >= 0.3 is 0 Å². The third-order valence-corrected chi connectivity index (χ3v) is 3.92. The number of hydrogen-bond acceptors (Lipinski definition) is 3. The molecule has 0 aliphatic carbocycles. The third-order valence-electron chi connectivity index (χ3n) is 3.92. The highest BCUT2D eigenvalue weighted by Gasteiger charge is 2.21. The van der Waals surface area contributed by atoms with Crippen LogP contribution in [0.2, 0.25) is 0 Å². The SMILES string of the molecule is CC(C)Cc1ccc(C(O)CN2CCOCC2C)cc1. The van der Waals surface area contributed by atoms with Crippen LogP contribution in [0, 0.1) is 5.92 Å². The molecule has 1 N–H and O–H groups in total. The van der Waals surface area contributed by atoms with E-state index in [1.807, 2.05) is 0 Å². The summed E-state index contributed by atoms with van der Waals surface area (Å²) < 4.78 is 5.43. The molecule has 1 aliphatic heterocycles. The van der Waals surface area contributed by atoms with Gasteiger partial charge in [-0.3, -0.25) is 4.90 Å². The van der Waals surface area contributed by atoms with Crippen LogP contribution in [0.15, 0.2) is 24.3 Å². The summed E-state index contributed by atoms with van der Waals surface area (Å²) in [4.78, 5) is 2.30. The summed E-state index contributed by atoms with van der Waals surface area (Å²) in [7, 11) is 0. The minimum Gasteiger partial charge on any atom is -0.387 e. The lowest BCUT2D eigenvalue weighted by atomic mass is 10.00. The van der Waals surface area contributed by atoms with Gasteiger partial charge in [0.1, 0.15) is 0 Å². The van der Waals surface area contributed by atoms with Gasteiger partial charge in [-0.1, -0.05) is 38.1 Å². The van der Waals surface area contributed by atoms with Gasteiger partial charge in [0.15, 0.2) is 0 Å². The van der Waals surface area contributed by atoms with Crippen LogP contribution in [0.5, 0.6) is 0 Å². The Morgan fingerprint density at radius 1 is 1.30 bits per heavy atom. The molecule has 3 heteroatoms. The second kappa shape index (κ2) is 7.21. The molecule has 0 saturated carbocycles. The molecular formula is C17H27NO2. The van der Waals surface area contributed by atoms with Crippen LogP contribution in [0.4, 0.5) is 0 Å². The zero-order valence-electron chi connectivity index (χ0n) is 12.9. The smallest absolute Gasteiger partial charge is 0.0917 e. The maximum Gasteiger partial charge on any atom is 0.0917 e. The Kier molecular flexibility index (Phi) is 5.58. The molecule has 2 rings (SSSR count). The Bertz CT molecular complexity index is 402. The second-order valence-electron chi connectivity index (χ2n) is 6.27. The topological polar surface area (TPSA) is 32.7 Å². The minimum absolute atomic E-state index is 0.388. The van der Waals surface area contributed by atoms with Crippen molar-refractivity contribution in [3.8, 4) is 0 Å². The van der Waals surface area contributed by atoms with Gasteiger partial charge in [0, 0.05) is 19.1 Å². The molecule has 20 heavy (non-hydrogen) atoms. The molecule has 1 aliphatic rings. The van der Waals surface area contributed by atoms with E-state index in [9.17, 15) is 5.11 Å². The number of ether oxygens (including phenoxy) is 1.